The number of pyridine rings is 1. The molecule has 1 nitrogen and oxygen atoms in total. The molecule has 3 heteroatoms. The molecule has 0 spiro atoms. The van der Waals surface area contributed by atoms with Gasteiger partial charge in [-0.3, -0.25) is 4.98 Å². The number of aromatic nitrogens is 1. The van der Waals surface area contributed by atoms with Gasteiger partial charge in [-0.1, -0.05) is 33.6 Å². The second-order valence-electron chi connectivity index (χ2n) is 4.09. The van der Waals surface area contributed by atoms with Crippen LogP contribution in [0.2, 0.25) is 5.02 Å². The van der Waals surface area contributed by atoms with Gasteiger partial charge in [-0.15, -0.1) is 0 Å². The monoisotopic (exact) mass is 309 g/mol. The molecular formula is C14H13BrClN. The van der Waals surface area contributed by atoms with Crippen LogP contribution < -0.4 is 0 Å². The van der Waals surface area contributed by atoms with E-state index in [9.17, 15) is 0 Å². The van der Waals surface area contributed by atoms with Gasteiger partial charge in [0.2, 0.25) is 0 Å². The summed E-state index contributed by atoms with van der Waals surface area (Å²) in [5.74, 6) is 0. The van der Waals surface area contributed by atoms with E-state index in [4.69, 9.17) is 11.6 Å². The van der Waals surface area contributed by atoms with E-state index in [-0.39, 0.29) is 4.83 Å². The minimum absolute atomic E-state index is 0.280. The first-order valence-corrected chi connectivity index (χ1v) is 6.74. The summed E-state index contributed by atoms with van der Waals surface area (Å²) in [6, 6.07) is 10.2. The van der Waals surface area contributed by atoms with Gasteiger partial charge in [-0.2, -0.15) is 0 Å². The Labute approximate surface area is 115 Å². The lowest BCUT2D eigenvalue weighted by atomic mass is 10.0. The number of aryl methyl sites for hydroxylation is 1. The Bertz CT molecular complexity index is 479. The second-order valence-corrected chi connectivity index (χ2v) is 5.63. The van der Waals surface area contributed by atoms with Gasteiger partial charge < -0.3 is 0 Å². The fraction of sp³-hybridized carbons (Fsp3) is 0.214. The van der Waals surface area contributed by atoms with Crippen molar-refractivity contribution in [2.45, 2.75) is 18.2 Å². The second kappa shape index (κ2) is 5.65. The minimum Gasteiger partial charge on any atom is -0.265 e. The molecule has 0 saturated heterocycles. The smallest absolute Gasteiger partial charge is 0.0436 e. The topological polar surface area (TPSA) is 12.9 Å². The minimum atomic E-state index is 0.280. The Balaban J connectivity index is 2.17. The van der Waals surface area contributed by atoms with Crippen LogP contribution in [0.25, 0.3) is 0 Å². The summed E-state index contributed by atoms with van der Waals surface area (Å²) < 4.78 is 0. The molecule has 0 aliphatic rings. The molecule has 2 rings (SSSR count). The molecule has 1 aromatic heterocycles. The lowest BCUT2D eigenvalue weighted by Gasteiger charge is -2.11. The molecule has 0 N–H and O–H groups in total. The van der Waals surface area contributed by atoms with Gasteiger partial charge in [0.15, 0.2) is 0 Å². The number of nitrogens with zero attached hydrogens (tertiary/aromatic N) is 1. The van der Waals surface area contributed by atoms with Crippen molar-refractivity contribution in [1.82, 2.24) is 4.98 Å². The number of hydrogen-bond donors (Lipinski definition) is 0. The van der Waals surface area contributed by atoms with Crippen LogP contribution in [0.15, 0.2) is 42.7 Å². The SMILES string of the molecule is Cc1cc(Cl)cc(C(Br)Cc2ccncc2)c1. The first-order chi connectivity index (χ1) is 8.15. The summed E-state index contributed by atoms with van der Waals surface area (Å²) in [7, 11) is 0. The van der Waals surface area contributed by atoms with Crippen molar-refractivity contribution in [3.63, 3.8) is 0 Å². The summed E-state index contributed by atoms with van der Waals surface area (Å²) in [6.45, 7) is 2.06. The van der Waals surface area contributed by atoms with Gasteiger partial charge in [0.25, 0.3) is 0 Å². The standard InChI is InChI=1S/C14H13BrClN/c1-10-6-12(9-13(16)7-10)14(15)8-11-2-4-17-5-3-11/h2-7,9,14H,8H2,1H3. The molecule has 1 atom stereocenters. The Kier molecular flexibility index (Phi) is 4.19. The molecule has 0 aliphatic heterocycles. The molecule has 0 radical (unpaired) electrons. The average molecular weight is 311 g/mol. The van der Waals surface area contributed by atoms with Crippen LogP contribution in [-0.2, 0) is 6.42 Å². The van der Waals surface area contributed by atoms with E-state index < -0.39 is 0 Å². The lowest BCUT2D eigenvalue weighted by Crippen LogP contribution is -1.96. The van der Waals surface area contributed by atoms with Crippen molar-refractivity contribution in [3.05, 3.63) is 64.4 Å². The van der Waals surface area contributed by atoms with E-state index in [0.717, 1.165) is 11.4 Å². The van der Waals surface area contributed by atoms with Crippen molar-refractivity contribution in [2.24, 2.45) is 0 Å². The van der Waals surface area contributed by atoms with Crippen molar-refractivity contribution in [1.29, 1.82) is 0 Å². The third-order valence-electron chi connectivity index (χ3n) is 2.59. The number of halogens is 2. The van der Waals surface area contributed by atoms with Gasteiger partial charge in [0.1, 0.15) is 0 Å². The van der Waals surface area contributed by atoms with Crippen LogP contribution in [-0.4, -0.2) is 4.98 Å². The van der Waals surface area contributed by atoms with E-state index in [1.165, 1.54) is 16.7 Å². The fourth-order valence-corrected chi connectivity index (χ4v) is 2.73. The Morgan fingerprint density at radius 1 is 1.24 bits per heavy atom. The summed E-state index contributed by atoms with van der Waals surface area (Å²) in [5, 5.41) is 0.791. The van der Waals surface area contributed by atoms with E-state index in [1.807, 2.05) is 36.7 Å². The summed E-state index contributed by atoms with van der Waals surface area (Å²) in [6.07, 6.45) is 4.57. The number of alkyl halides is 1. The molecule has 0 amide bonds. The predicted octanol–water partition coefficient (Wildman–Crippen LogP) is 4.72. The first-order valence-electron chi connectivity index (χ1n) is 5.45. The molecule has 0 fully saturated rings. The fourth-order valence-electron chi connectivity index (χ4n) is 1.79. The van der Waals surface area contributed by atoms with Crippen LogP contribution in [0.5, 0.6) is 0 Å². The molecule has 0 bridgehead atoms. The number of rotatable bonds is 3. The van der Waals surface area contributed by atoms with Gasteiger partial charge >= 0.3 is 0 Å². The molecule has 0 aliphatic carbocycles. The molecule has 1 aromatic carbocycles. The first kappa shape index (κ1) is 12.6. The quantitative estimate of drug-likeness (QED) is 0.747. The van der Waals surface area contributed by atoms with Crippen molar-refractivity contribution >= 4 is 27.5 Å². The third kappa shape index (κ3) is 3.55. The van der Waals surface area contributed by atoms with Crippen LogP contribution >= 0.6 is 27.5 Å². The highest BCUT2D eigenvalue weighted by molar-refractivity contribution is 9.09. The Morgan fingerprint density at radius 3 is 2.59 bits per heavy atom. The Hall–Kier alpha value is -0.860. The average Bonchev–Trinajstić information content (AvgIpc) is 2.29. The van der Waals surface area contributed by atoms with Gasteiger partial charge in [0.05, 0.1) is 0 Å². The predicted molar refractivity (Wildman–Crippen MR) is 75.8 cm³/mol. The Morgan fingerprint density at radius 2 is 1.94 bits per heavy atom. The summed E-state index contributed by atoms with van der Waals surface area (Å²) in [4.78, 5) is 4.30. The van der Waals surface area contributed by atoms with E-state index in [2.05, 4.69) is 33.9 Å². The van der Waals surface area contributed by atoms with Gasteiger partial charge in [-0.25, -0.2) is 0 Å². The zero-order chi connectivity index (χ0) is 12.3. The molecular weight excluding hydrogens is 298 g/mol. The largest absolute Gasteiger partial charge is 0.265 e. The van der Waals surface area contributed by atoms with Crippen LogP contribution in [0.3, 0.4) is 0 Å². The molecule has 0 saturated carbocycles. The third-order valence-corrected chi connectivity index (χ3v) is 3.66. The van der Waals surface area contributed by atoms with Crippen LogP contribution in [0, 0.1) is 6.92 Å². The van der Waals surface area contributed by atoms with Gasteiger partial charge in [-0.05, 0) is 54.3 Å². The van der Waals surface area contributed by atoms with E-state index >= 15 is 0 Å². The highest BCUT2D eigenvalue weighted by Crippen LogP contribution is 2.29. The lowest BCUT2D eigenvalue weighted by molar-refractivity contribution is 0.942. The van der Waals surface area contributed by atoms with Crippen LogP contribution in [0.4, 0.5) is 0 Å². The maximum atomic E-state index is 6.07. The van der Waals surface area contributed by atoms with E-state index in [1.54, 1.807) is 0 Å². The van der Waals surface area contributed by atoms with Crippen molar-refractivity contribution < 1.29 is 0 Å². The maximum Gasteiger partial charge on any atom is 0.0436 e. The number of hydrogen-bond acceptors (Lipinski definition) is 1. The van der Waals surface area contributed by atoms with Crippen molar-refractivity contribution in [3.8, 4) is 0 Å². The maximum absolute atomic E-state index is 6.07. The zero-order valence-electron chi connectivity index (χ0n) is 9.53. The van der Waals surface area contributed by atoms with Crippen molar-refractivity contribution in [2.75, 3.05) is 0 Å². The van der Waals surface area contributed by atoms with Crippen LogP contribution in [0.1, 0.15) is 21.5 Å². The molecule has 1 unspecified atom stereocenters. The molecule has 2 aromatic rings. The highest BCUT2D eigenvalue weighted by Gasteiger charge is 2.09. The molecule has 1 heterocycles. The van der Waals surface area contributed by atoms with E-state index in [0.29, 0.717) is 0 Å². The molecule has 88 valence electrons. The summed E-state index contributed by atoms with van der Waals surface area (Å²) >= 11 is 9.78. The summed E-state index contributed by atoms with van der Waals surface area (Å²) in [5.41, 5.74) is 3.66. The number of benzene rings is 1. The normalized spacial score (nSPS) is 12.4. The van der Waals surface area contributed by atoms with Gasteiger partial charge in [0, 0.05) is 22.2 Å². The zero-order valence-corrected chi connectivity index (χ0v) is 11.9. The molecule has 17 heavy (non-hydrogen) atoms. The highest BCUT2D eigenvalue weighted by atomic mass is 79.9.